The van der Waals surface area contributed by atoms with Gasteiger partial charge in [-0.3, -0.25) is 4.79 Å². The standard InChI is InChI=1S/C14H20BrFN2O/c1-3-18(14(19)7-4-10(2)17)9-11-8-12(15)5-6-13(11)16/h5-6,8,10H,3-4,7,9,17H2,1-2H3. The molecule has 1 amide bonds. The summed E-state index contributed by atoms with van der Waals surface area (Å²) in [5.41, 5.74) is 6.16. The number of amides is 1. The lowest BCUT2D eigenvalue weighted by Crippen LogP contribution is -2.31. The second-order valence-corrected chi connectivity index (χ2v) is 5.58. The third-order valence-electron chi connectivity index (χ3n) is 2.92. The van der Waals surface area contributed by atoms with E-state index in [-0.39, 0.29) is 17.8 Å². The van der Waals surface area contributed by atoms with Gasteiger partial charge in [-0.1, -0.05) is 15.9 Å². The minimum Gasteiger partial charge on any atom is -0.339 e. The van der Waals surface area contributed by atoms with Crippen LogP contribution in [0.5, 0.6) is 0 Å². The maximum absolute atomic E-state index is 13.7. The Balaban J connectivity index is 2.70. The molecule has 1 rings (SSSR count). The SMILES string of the molecule is CCN(Cc1cc(Br)ccc1F)C(=O)CCC(C)N. The number of hydrogen-bond donors (Lipinski definition) is 1. The molecular formula is C14H20BrFN2O. The lowest BCUT2D eigenvalue weighted by atomic mass is 10.1. The van der Waals surface area contributed by atoms with E-state index in [0.29, 0.717) is 31.5 Å². The Morgan fingerprint density at radius 3 is 2.79 bits per heavy atom. The molecule has 1 atom stereocenters. The van der Waals surface area contributed by atoms with Gasteiger partial charge in [0.05, 0.1) is 0 Å². The molecule has 0 bridgehead atoms. The van der Waals surface area contributed by atoms with Crippen LogP contribution in [0.25, 0.3) is 0 Å². The topological polar surface area (TPSA) is 46.3 Å². The first kappa shape index (κ1) is 16.1. The summed E-state index contributed by atoms with van der Waals surface area (Å²) in [4.78, 5) is 13.7. The highest BCUT2D eigenvalue weighted by Gasteiger charge is 2.14. The van der Waals surface area contributed by atoms with E-state index in [9.17, 15) is 9.18 Å². The van der Waals surface area contributed by atoms with E-state index in [1.165, 1.54) is 6.07 Å². The number of carbonyl (C=O) groups is 1. The molecule has 0 saturated carbocycles. The molecule has 0 aromatic heterocycles. The second-order valence-electron chi connectivity index (χ2n) is 4.66. The molecule has 1 aromatic carbocycles. The van der Waals surface area contributed by atoms with E-state index in [1.54, 1.807) is 17.0 Å². The normalized spacial score (nSPS) is 12.3. The quantitative estimate of drug-likeness (QED) is 0.871. The third-order valence-corrected chi connectivity index (χ3v) is 3.41. The van der Waals surface area contributed by atoms with Crippen molar-refractivity contribution in [2.75, 3.05) is 6.54 Å². The van der Waals surface area contributed by atoms with Crippen molar-refractivity contribution in [2.24, 2.45) is 5.73 Å². The van der Waals surface area contributed by atoms with Crippen molar-refractivity contribution in [1.82, 2.24) is 4.90 Å². The molecule has 0 aliphatic carbocycles. The number of hydrogen-bond acceptors (Lipinski definition) is 2. The molecule has 0 aliphatic heterocycles. The fraction of sp³-hybridized carbons (Fsp3) is 0.500. The minimum absolute atomic E-state index is 0.00487. The molecule has 19 heavy (non-hydrogen) atoms. The average molecular weight is 331 g/mol. The van der Waals surface area contributed by atoms with E-state index in [0.717, 1.165) is 4.47 Å². The Bertz CT molecular complexity index is 437. The third kappa shape index (κ3) is 5.28. The van der Waals surface area contributed by atoms with Gasteiger partial charge < -0.3 is 10.6 Å². The van der Waals surface area contributed by atoms with Crippen LogP contribution in [0, 0.1) is 5.82 Å². The van der Waals surface area contributed by atoms with Gasteiger partial charge in [-0.05, 0) is 38.5 Å². The van der Waals surface area contributed by atoms with Crippen LogP contribution in [0.1, 0.15) is 32.3 Å². The van der Waals surface area contributed by atoms with Crippen LogP contribution in [0.15, 0.2) is 22.7 Å². The lowest BCUT2D eigenvalue weighted by molar-refractivity contribution is -0.131. The summed E-state index contributed by atoms with van der Waals surface area (Å²) in [6.07, 6.45) is 1.05. The molecule has 0 saturated heterocycles. The summed E-state index contributed by atoms with van der Waals surface area (Å²) in [6, 6.07) is 4.76. The number of carbonyl (C=O) groups excluding carboxylic acids is 1. The first-order chi connectivity index (χ1) is 8.93. The van der Waals surface area contributed by atoms with Crippen LogP contribution >= 0.6 is 15.9 Å². The van der Waals surface area contributed by atoms with Crippen molar-refractivity contribution in [3.63, 3.8) is 0 Å². The first-order valence-corrected chi connectivity index (χ1v) is 7.20. The number of benzene rings is 1. The molecule has 2 N–H and O–H groups in total. The fourth-order valence-electron chi connectivity index (χ4n) is 1.76. The highest BCUT2D eigenvalue weighted by atomic mass is 79.9. The van der Waals surface area contributed by atoms with Crippen molar-refractivity contribution in [3.05, 3.63) is 34.1 Å². The van der Waals surface area contributed by atoms with Crippen LogP contribution < -0.4 is 5.73 Å². The molecule has 106 valence electrons. The zero-order valence-electron chi connectivity index (χ0n) is 11.3. The molecule has 1 aromatic rings. The van der Waals surface area contributed by atoms with Crippen LogP contribution in [-0.2, 0) is 11.3 Å². The van der Waals surface area contributed by atoms with Crippen LogP contribution in [0.3, 0.4) is 0 Å². The predicted molar refractivity (Wildman–Crippen MR) is 78.1 cm³/mol. The average Bonchev–Trinajstić information content (AvgIpc) is 2.36. The van der Waals surface area contributed by atoms with E-state index in [4.69, 9.17) is 5.73 Å². The van der Waals surface area contributed by atoms with Gasteiger partial charge in [0.2, 0.25) is 5.91 Å². The molecule has 0 fully saturated rings. The Hall–Kier alpha value is -0.940. The smallest absolute Gasteiger partial charge is 0.222 e. The van der Waals surface area contributed by atoms with Crippen molar-refractivity contribution < 1.29 is 9.18 Å². The number of nitrogens with zero attached hydrogens (tertiary/aromatic N) is 1. The Labute approximate surface area is 122 Å². The van der Waals surface area contributed by atoms with Crippen molar-refractivity contribution in [2.45, 2.75) is 39.3 Å². The van der Waals surface area contributed by atoms with Gasteiger partial charge in [-0.2, -0.15) is 0 Å². The zero-order valence-corrected chi connectivity index (χ0v) is 12.9. The van der Waals surface area contributed by atoms with Crippen molar-refractivity contribution >= 4 is 21.8 Å². The number of nitrogens with two attached hydrogens (primary N) is 1. The Morgan fingerprint density at radius 1 is 1.53 bits per heavy atom. The van der Waals surface area contributed by atoms with Gasteiger partial charge in [-0.25, -0.2) is 4.39 Å². The van der Waals surface area contributed by atoms with Gasteiger partial charge >= 0.3 is 0 Å². The Morgan fingerprint density at radius 2 is 2.21 bits per heavy atom. The molecule has 0 radical (unpaired) electrons. The van der Waals surface area contributed by atoms with E-state index in [2.05, 4.69) is 15.9 Å². The minimum atomic E-state index is -0.290. The highest BCUT2D eigenvalue weighted by Crippen LogP contribution is 2.17. The largest absolute Gasteiger partial charge is 0.339 e. The first-order valence-electron chi connectivity index (χ1n) is 6.41. The van der Waals surface area contributed by atoms with E-state index >= 15 is 0 Å². The monoisotopic (exact) mass is 330 g/mol. The van der Waals surface area contributed by atoms with Gasteiger partial charge in [0.25, 0.3) is 0 Å². The fourth-order valence-corrected chi connectivity index (χ4v) is 2.16. The summed E-state index contributed by atoms with van der Waals surface area (Å²) >= 11 is 3.31. The zero-order chi connectivity index (χ0) is 14.4. The summed E-state index contributed by atoms with van der Waals surface area (Å²) in [6.45, 7) is 4.61. The Kier molecular flexibility index (Phi) is 6.45. The molecule has 0 heterocycles. The maximum Gasteiger partial charge on any atom is 0.222 e. The molecule has 0 spiro atoms. The number of halogens is 2. The molecule has 1 unspecified atom stereocenters. The maximum atomic E-state index is 13.7. The van der Waals surface area contributed by atoms with E-state index < -0.39 is 0 Å². The highest BCUT2D eigenvalue weighted by molar-refractivity contribution is 9.10. The second kappa shape index (κ2) is 7.60. The van der Waals surface area contributed by atoms with Gasteiger partial charge in [0.15, 0.2) is 0 Å². The predicted octanol–water partition coefficient (Wildman–Crippen LogP) is 3.06. The van der Waals surface area contributed by atoms with Crippen LogP contribution in [0.2, 0.25) is 0 Å². The van der Waals surface area contributed by atoms with Crippen molar-refractivity contribution in [1.29, 1.82) is 0 Å². The molecule has 3 nitrogen and oxygen atoms in total. The summed E-state index contributed by atoms with van der Waals surface area (Å²) < 4.78 is 14.5. The summed E-state index contributed by atoms with van der Waals surface area (Å²) in [7, 11) is 0. The summed E-state index contributed by atoms with van der Waals surface area (Å²) in [5, 5.41) is 0. The van der Waals surface area contributed by atoms with Gasteiger partial charge in [0.1, 0.15) is 5.82 Å². The van der Waals surface area contributed by atoms with Crippen molar-refractivity contribution in [3.8, 4) is 0 Å². The molecular weight excluding hydrogens is 311 g/mol. The molecule has 5 heteroatoms. The van der Waals surface area contributed by atoms with Crippen LogP contribution in [0.4, 0.5) is 4.39 Å². The van der Waals surface area contributed by atoms with Crippen LogP contribution in [-0.4, -0.2) is 23.4 Å². The molecule has 0 aliphatic rings. The lowest BCUT2D eigenvalue weighted by Gasteiger charge is -2.22. The number of rotatable bonds is 6. The summed E-state index contributed by atoms with van der Waals surface area (Å²) in [5.74, 6) is -0.277. The van der Waals surface area contributed by atoms with E-state index in [1.807, 2.05) is 13.8 Å². The van der Waals surface area contributed by atoms with Gasteiger partial charge in [0, 0.05) is 35.6 Å². The van der Waals surface area contributed by atoms with Gasteiger partial charge in [-0.15, -0.1) is 0 Å².